The summed E-state index contributed by atoms with van der Waals surface area (Å²) in [5, 5.41) is 51.9. The predicted molar refractivity (Wildman–Crippen MR) is 184 cm³/mol. The van der Waals surface area contributed by atoms with Crippen LogP contribution >= 0.6 is 0 Å². The monoisotopic (exact) mass is 691 g/mol. The quantitative estimate of drug-likeness (QED) is 0.187. The molecule has 1 unspecified atom stereocenters. The third kappa shape index (κ3) is 5.97. The molecule has 2 aromatic rings. The molecule has 10 N–H and O–H groups in total. The van der Waals surface area contributed by atoms with Gasteiger partial charge >= 0.3 is 6.03 Å². The number of aliphatic hydroxyl groups excluding tert-OH is 2. The lowest BCUT2D eigenvalue weighted by molar-refractivity contribution is -0.153. The number of likely N-dealkylation sites (N-methyl/N-ethyl adjacent to an activating group) is 1. The van der Waals surface area contributed by atoms with Crippen molar-refractivity contribution in [3.8, 4) is 22.6 Å². The molecule has 2 aromatic carbocycles. The fourth-order valence-electron chi connectivity index (χ4n) is 7.52. The van der Waals surface area contributed by atoms with Crippen LogP contribution in [-0.2, 0) is 33.9 Å². The lowest BCUT2D eigenvalue weighted by Gasteiger charge is -2.50. The molecular formula is C36H45N5O9. The SMILES string of the molecule is CCOc1ccc(-c2cc(CN)c(O)c3c2C[C@H]2C[C@H]4C(N(C)C)C(=O)C(C(N)=O)=C(O)[C@@]4(O)C(=O)C2=C3O)cc1CNC(=O)NC(C)(C)C. The zero-order chi connectivity index (χ0) is 37.0. The van der Waals surface area contributed by atoms with Gasteiger partial charge in [-0.15, -0.1) is 0 Å². The first-order valence-corrected chi connectivity index (χ1v) is 16.4. The van der Waals surface area contributed by atoms with Gasteiger partial charge in [0.05, 0.1) is 18.2 Å². The number of nitrogens with two attached hydrogens (primary N) is 2. The second-order valence-corrected chi connectivity index (χ2v) is 14.3. The van der Waals surface area contributed by atoms with E-state index in [-0.39, 0.29) is 54.4 Å². The Balaban J connectivity index is 1.67. The summed E-state index contributed by atoms with van der Waals surface area (Å²) < 4.78 is 5.84. The van der Waals surface area contributed by atoms with Crippen molar-refractivity contribution in [3.05, 3.63) is 63.4 Å². The number of primary amides is 1. The first-order chi connectivity index (χ1) is 23.4. The Hall–Kier alpha value is -4.92. The van der Waals surface area contributed by atoms with E-state index in [1.165, 1.54) is 4.90 Å². The molecule has 0 aromatic heterocycles. The molecule has 4 atom stereocenters. The number of nitrogens with zero attached hydrogens (tertiary/aromatic N) is 1. The molecule has 1 fully saturated rings. The lowest BCUT2D eigenvalue weighted by atomic mass is 9.57. The number of phenols is 1. The van der Waals surface area contributed by atoms with Crippen LogP contribution in [-0.4, -0.2) is 86.7 Å². The van der Waals surface area contributed by atoms with Gasteiger partial charge in [0.25, 0.3) is 5.91 Å². The third-order valence-corrected chi connectivity index (χ3v) is 9.62. The van der Waals surface area contributed by atoms with E-state index in [9.17, 15) is 39.6 Å². The number of fused-ring (bicyclic) bond motifs is 3. The highest BCUT2D eigenvalue weighted by Crippen LogP contribution is 2.54. The van der Waals surface area contributed by atoms with Gasteiger partial charge in [-0.2, -0.15) is 0 Å². The maximum Gasteiger partial charge on any atom is 0.315 e. The first-order valence-electron chi connectivity index (χ1n) is 16.4. The molecule has 14 heteroatoms. The number of hydrogen-bond donors (Lipinski definition) is 8. The molecule has 0 saturated heterocycles. The Morgan fingerprint density at radius 1 is 1.10 bits per heavy atom. The smallest absolute Gasteiger partial charge is 0.315 e. The number of benzene rings is 2. The van der Waals surface area contributed by atoms with Gasteiger partial charge in [-0.1, -0.05) is 6.07 Å². The van der Waals surface area contributed by atoms with E-state index in [2.05, 4.69) is 10.6 Å². The van der Waals surface area contributed by atoms with Crippen molar-refractivity contribution >= 4 is 29.3 Å². The number of aliphatic hydroxyl groups is 3. The maximum absolute atomic E-state index is 14.3. The number of amides is 3. The summed E-state index contributed by atoms with van der Waals surface area (Å²) in [5.74, 6) is -6.76. The molecule has 14 nitrogen and oxygen atoms in total. The standard InChI is InChI=1S/C36H45N5O9/c1-7-50-23-9-8-16(10-19(23)15-39-34(48)40-35(2,3)4)20-12-18(14-37)28(42)25-21(20)11-17-13-22-27(41(5)6)30(44)26(33(38)47)32(46)36(22,49)31(45)24(17)29(25)43/h8-10,12,17,22,27,42-43,46,49H,7,11,13-15,37H2,1-6H3,(H2,38,47)(H2,39,40,48)/t17-,22-,27?,36-/m0/s1. The molecule has 1 saturated carbocycles. The Morgan fingerprint density at radius 2 is 1.78 bits per heavy atom. The second-order valence-electron chi connectivity index (χ2n) is 14.3. The van der Waals surface area contributed by atoms with Crippen LogP contribution in [0.3, 0.4) is 0 Å². The van der Waals surface area contributed by atoms with Crippen LogP contribution in [0, 0.1) is 11.8 Å². The number of hydrogen-bond acceptors (Lipinski definition) is 11. The van der Waals surface area contributed by atoms with E-state index >= 15 is 0 Å². The van der Waals surface area contributed by atoms with Crippen molar-refractivity contribution in [2.24, 2.45) is 23.3 Å². The Labute approximate surface area is 289 Å². The van der Waals surface area contributed by atoms with Crippen molar-refractivity contribution in [2.45, 2.75) is 70.8 Å². The Kier molecular flexibility index (Phi) is 9.51. The summed E-state index contributed by atoms with van der Waals surface area (Å²) in [6, 6.07) is 5.51. The predicted octanol–water partition coefficient (Wildman–Crippen LogP) is 2.09. The average Bonchev–Trinajstić information content (AvgIpc) is 3.01. The van der Waals surface area contributed by atoms with Crippen molar-refractivity contribution in [2.75, 3.05) is 20.7 Å². The molecular weight excluding hydrogens is 646 g/mol. The molecule has 3 aliphatic rings. The fourth-order valence-corrected chi connectivity index (χ4v) is 7.52. The minimum Gasteiger partial charge on any atom is -0.508 e. The topological polar surface area (TPSA) is 238 Å². The van der Waals surface area contributed by atoms with Crippen molar-refractivity contribution in [1.82, 2.24) is 15.5 Å². The number of carbonyl (C=O) groups is 4. The van der Waals surface area contributed by atoms with E-state index in [4.69, 9.17) is 16.2 Å². The highest BCUT2D eigenvalue weighted by atomic mass is 16.5. The zero-order valence-electron chi connectivity index (χ0n) is 29.0. The molecule has 5 rings (SSSR count). The number of carbonyl (C=O) groups excluding carboxylic acids is 4. The number of nitrogens with one attached hydrogen (secondary N) is 2. The van der Waals surface area contributed by atoms with E-state index < -0.39 is 63.6 Å². The number of ether oxygens (including phenoxy) is 1. The largest absolute Gasteiger partial charge is 0.508 e. The van der Waals surface area contributed by atoms with Gasteiger partial charge in [-0.25, -0.2) is 4.79 Å². The molecule has 0 heterocycles. The summed E-state index contributed by atoms with van der Waals surface area (Å²) in [4.78, 5) is 54.0. The van der Waals surface area contributed by atoms with Crippen LogP contribution in [0.25, 0.3) is 16.9 Å². The van der Waals surface area contributed by atoms with Crippen molar-refractivity contribution in [1.29, 1.82) is 0 Å². The second kappa shape index (κ2) is 13.1. The van der Waals surface area contributed by atoms with Gasteiger partial charge < -0.3 is 47.3 Å². The van der Waals surface area contributed by atoms with Crippen LogP contribution in [0.1, 0.15) is 56.4 Å². The summed E-state index contributed by atoms with van der Waals surface area (Å²) in [7, 11) is 3.09. The summed E-state index contributed by atoms with van der Waals surface area (Å²) in [6.45, 7) is 7.79. The number of phenolic OH excluding ortho intramolecular Hbond substituents is 1. The van der Waals surface area contributed by atoms with E-state index in [0.717, 1.165) is 0 Å². The maximum atomic E-state index is 14.3. The normalized spacial score (nSPS) is 23.3. The molecule has 0 spiro atoms. The van der Waals surface area contributed by atoms with E-state index in [1.807, 2.05) is 33.8 Å². The van der Waals surface area contributed by atoms with Gasteiger partial charge in [0.15, 0.2) is 11.4 Å². The minimum absolute atomic E-state index is 0.0497. The molecule has 3 amide bonds. The van der Waals surface area contributed by atoms with Crippen LogP contribution < -0.4 is 26.8 Å². The van der Waals surface area contributed by atoms with Crippen molar-refractivity contribution in [3.63, 3.8) is 0 Å². The highest BCUT2D eigenvalue weighted by Gasteiger charge is 2.64. The molecule has 0 bridgehead atoms. The third-order valence-electron chi connectivity index (χ3n) is 9.62. The Bertz CT molecular complexity index is 1860. The number of ketones is 2. The molecule has 0 aliphatic heterocycles. The van der Waals surface area contributed by atoms with Gasteiger partial charge in [-0.05, 0) is 95.4 Å². The Morgan fingerprint density at radius 3 is 2.36 bits per heavy atom. The number of urea groups is 1. The summed E-state index contributed by atoms with van der Waals surface area (Å²) in [5.41, 5.74) is 9.69. The molecule has 50 heavy (non-hydrogen) atoms. The fraction of sp³-hybridized carbons (Fsp3) is 0.444. The van der Waals surface area contributed by atoms with E-state index in [1.54, 1.807) is 32.3 Å². The van der Waals surface area contributed by atoms with E-state index in [0.29, 0.717) is 34.6 Å². The highest BCUT2D eigenvalue weighted by molar-refractivity contribution is 6.24. The van der Waals surface area contributed by atoms with Crippen LogP contribution in [0.2, 0.25) is 0 Å². The van der Waals surface area contributed by atoms with Gasteiger partial charge in [0, 0.05) is 41.2 Å². The number of rotatable bonds is 8. The van der Waals surface area contributed by atoms with Gasteiger partial charge in [0.2, 0.25) is 5.78 Å². The first kappa shape index (κ1) is 36.4. The lowest BCUT2D eigenvalue weighted by Crippen LogP contribution is -2.65. The summed E-state index contributed by atoms with van der Waals surface area (Å²) in [6.07, 6.45) is 0.0446. The van der Waals surface area contributed by atoms with Crippen LogP contribution in [0.15, 0.2) is 41.2 Å². The number of Topliss-reactive ketones (excluding diaryl/α,β-unsaturated/α-hetero) is 2. The van der Waals surface area contributed by atoms with Gasteiger partial charge in [-0.3, -0.25) is 19.3 Å². The molecule has 3 aliphatic carbocycles. The van der Waals surface area contributed by atoms with Gasteiger partial charge in [0.1, 0.15) is 28.6 Å². The van der Waals surface area contributed by atoms with Crippen LogP contribution in [0.5, 0.6) is 11.5 Å². The zero-order valence-corrected chi connectivity index (χ0v) is 29.0. The summed E-state index contributed by atoms with van der Waals surface area (Å²) >= 11 is 0. The van der Waals surface area contributed by atoms with Crippen LogP contribution in [0.4, 0.5) is 4.79 Å². The molecule has 0 radical (unpaired) electrons. The number of aromatic hydroxyl groups is 1. The van der Waals surface area contributed by atoms with Crippen molar-refractivity contribution < 1.29 is 44.3 Å². The minimum atomic E-state index is -2.75. The average molecular weight is 692 g/mol. The molecule has 268 valence electrons.